The molecule has 0 unspecified atom stereocenters. The highest BCUT2D eigenvalue weighted by atomic mass is 79.9. The lowest BCUT2D eigenvalue weighted by Gasteiger charge is -2.14. The van der Waals surface area contributed by atoms with Gasteiger partial charge in [0.15, 0.2) is 5.82 Å². The summed E-state index contributed by atoms with van der Waals surface area (Å²) in [6.45, 7) is 2.35. The zero-order valence-electron chi connectivity index (χ0n) is 11.5. The lowest BCUT2D eigenvalue weighted by atomic mass is 10.3. The molecule has 0 radical (unpaired) electrons. The average molecular weight is 418 g/mol. The van der Waals surface area contributed by atoms with Gasteiger partial charge in [0.05, 0.1) is 23.9 Å². The van der Waals surface area contributed by atoms with Gasteiger partial charge in [0.1, 0.15) is 17.8 Å². The summed E-state index contributed by atoms with van der Waals surface area (Å²) in [5, 5.41) is 3.14. The minimum absolute atomic E-state index is 0.355. The van der Waals surface area contributed by atoms with Gasteiger partial charge < -0.3 is 20.5 Å². The summed E-state index contributed by atoms with van der Waals surface area (Å²) >= 11 is 6.90. The maximum atomic E-state index is 6.00. The number of hydrogen-bond acceptors (Lipinski definition) is 6. The molecule has 1 aromatic heterocycles. The van der Waals surface area contributed by atoms with Crippen molar-refractivity contribution in [3.05, 3.63) is 27.4 Å². The van der Waals surface area contributed by atoms with E-state index in [1.165, 1.54) is 6.33 Å². The molecule has 0 aliphatic rings. The number of nitrogens with one attached hydrogen (secondary N) is 1. The number of benzene rings is 1. The minimum Gasteiger partial charge on any atom is -0.495 e. The monoisotopic (exact) mass is 416 g/mol. The molecule has 0 spiro atoms. The zero-order valence-corrected chi connectivity index (χ0v) is 14.7. The molecule has 1 aromatic carbocycles. The van der Waals surface area contributed by atoms with Gasteiger partial charge in [-0.15, -0.1) is 0 Å². The Hall–Kier alpha value is -1.54. The van der Waals surface area contributed by atoms with Crippen LogP contribution in [0.2, 0.25) is 0 Å². The van der Waals surface area contributed by atoms with Crippen LogP contribution in [-0.2, 0) is 0 Å². The van der Waals surface area contributed by atoms with E-state index in [4.69, 9.17) is 15.2 Å². The summed E-state index contributed by atoms with van der Waals surface area (Å²) in [7, 11) is 1.60. The summed E-state index contributed by atoms with van der Waals surface area (Å²) < 4.78 is 12.3. The number of nitrogens with zero attached hydrogens (tertiary/aromatic N) is 2. The lowest BCUT2D eigenvalue weighted by molar-refractivity contribution is 0.328. The van der Waals surface area contributed by atoms with E-state index < -0.39 is 0 Å². The van der Waals surface area contributed by atoms with E-state index in [0.29, 0.717) is 29.7 Å². The van der Waals surface area contributed by atoms with Crippen molar-refractivity contribution in [2.45, 2.75) is 6.92 Å². The van der Waals surface area contributed by atoms with E-state index in [0.717, 1.165) is 14.6 Å². The molecule has 0 saturated carbocycles. The highest BCUT2D eigenvalue weighted by molar-refractivity contribution is 9.11. The van der Waals surface area contributed by atoms with Crippen molar-refractivity contribution in [2.75, 3.05) is 24.8 Å². The number of aromatic nitrogens is 2. The van der Waals surface area contributed by atoms with Crippen molar-refractivity contribution in [2.24, 2.45) is 0 Å². The van der Waals surface area contributed by atoms with Gasteiger partial charge in [-0.1, -0.05) is 0 Å². The first kappa shape index (κ1) is 15.8. The molecule has 3 N–H and O–H groups in total. The van der Waals surface area contributed by atoms with Gasteiger partial charge in [-0.2, -0.15) is 4.98 Å². The molecule has 2 rings (SSSR count). The fourth-order valence-corrected chi connectivity index (χ4v) is 2.89. The van der Waals surface area contributed by atoms with Crippen LogP contribution in [0, 0.1) is 0 Å². The first-order chi connectivity index (χ1) is 10.1. The van der Waals surface area contributed by atoms with Crippen molar-refractivity contribution in [1.29, 1.82) is 0 Å². The van der Waals surface area contributed by atoms with Crippen molar-refractivity contribution in [1.82, 2.24) is 9.97 Å². The molecule has 0 atom stereocenters. The van der Waals surface area contributed by atoms with Crippen LogP contribution in [0.5, 0.6) is 11.6 Å². The Kier molecular flexibility index (Phi) is 5.24. The van der Waals surface area contributed by atoms with Gasteiger partial charge in [-0.05, 0) is 44.8 Å². The van der Waals surface area contributed by atoms with E-state index >= 15 is 0 Å². The maximum absolute atomic E-state index is 6.00. The minimum atomic E-state index is 0.355. The standard InChI is InChI=1S/C13H14Br2N4O2/c1-3-21-13-11(16)12(17-6-18-13)19-9-5-10(20-2)8(15)4-7(9)14/h4-6H,3,16H2,1-2H3,(H,17,18,19). The van der Waals surface area contributed by atoms with E-state index in [9.17, 15) is 0 Å². The topological polar surface area (TPSA) is 82.3 Å². The highest BCUT2D eigenvalue weighted by Gasteiger charge is 2.12. The fraction of sp³-hybridized carbons (Fsp3) is 0.231. The van der Waals surface area contributed by atoms with Crippen LogP contribution in [0.1, 0.15) is 6.92 Å². The number of anilines is 3. The molecule has 6 nitrogen and oxygen atoms in total. The molecule has 0 fully saturated rings. The Morgan fingerprint density at radius 1 is 1.24 bits per heavy atom. The quantitative estimate of drug-likeness (QED) is 0.771. The summed E-state index contributed by atoms with van der Waals surface area (Å²) in [6, 6.07) is 3.71. The van der Waals surface area contributed by atoms with Gasteiger partial charge in [0.2, 0.25) is 5.88 Å². The molecular weight excluding hydrogens is 404 g/mol. The third-order valence-corrected chi connectivity index (χ3v) is 3.90. The Morgan fingerprint density at radius 3 is 2.67 bits per heavy atom. The van der Waals surface area contributed by atoms with E-state index in [1.807, 2.05) is 19.1 Å². The molecule has 0 saturated heterocycles. The predicted molar refractivity (Wildman–Crippen MR) is 89.3 cm³/mol. The van der Waals surface area contributed by atoms with E-state index in [2.05, 4.69) is 47.1 Å². The molecule has 112 valence electrons. The Balaban J connectivity index is 2.36. The van der Waals surface area contributed by atoms with Gasteiger partial charge in [-0.25, -0.2) is 4.98 Å². The number of nitrogen functional groups attached to an aromatic ring is 1. The second-order valence-electron chi connectivity index (χ2n) is 3.97. The predicted octanol–water partition coefficient (Wildman–Crippen LogP) is 3.73. The molecule has 1 heterocycles. The summed E-state index contributed by atoms with van der Waals surface area (Å²) in [5.74, 6) is 1.52. The van der Waals surface area contributed by atoms with E-state index in [-0.39, 0.29) is 0 Å². The lowest BCUT2D eigenvalue weighted by Crippen LogP contribution is -2.05. The molecule has 8 heteroatoms. The number of ether oxygens (including phenoxy) is 2. The number of nitrogens with two attached hydrogens (primary N) is 1. The second-order valence-corrected chi connectivity index (χ2v) is 5.67. The summed E-state index contributed by atoms with van der Waals surface area (Å²) in [6.07, 6.45) is 1.40. The Bertz CT molecular complexity index is 652. The third-order valence-electron chi connectivity index (χ3n) is 2.62. The van der Waals surface area contributed by atoms with Crippen molar-refractivity contribution in [3.63, 3.8) is 0 Å². The van der Waals surface area contributed by atoms with Gasteiger partial charge in [-0.3, -0.25) is 0 Å². The SMILES string of the molecule is CCOc1ncnc(Nc2cc(OC)c(Br)cc2Br)c1N. The molecule has 2 aromatic rings. The smallest absolute Gasteiger partial charge is 0.242 e. The van der Waals surface area contributed by atoms with Crippen molar-refractivity contribution in [3.8, 4) is 11.6 Å². The van der Waals surface area contributed by atoms with Gasteiger partial charge in [0, 0.05) is 10.5 Å². The molecule has 0 aliphatic heterocycles. The Morgan fingerprint density at radius 2 is 2.00 bits per heavy atom. The number of rotatable bonds is 5. The maximum Gasteiger partial charge on any atom is 0.242 e. The average Bonchev–Trinajstić information content (AvgIpc) is 2.46. The molecule has 21 heavy (non-hydrogen) atoms. The largest absolute Gasteiger partial charge is 0.495 e. The summed E-state index contributed by atoms with van der Waals surface area (Å²) in [5.41, 5.74) is 7.12. The number of methoxy groups -OCH3 is 1. The fourth-order valence-electron chi connectivity index (χ4n) is 1.64. The van der Waals surface area contributed by atoms with Crippen LogP contribution in [0.3, 0.4) is 0 Å². The van der Waals surface area contributed by atoms with Crippen LogP contribution < -0.4 is 20.5 Å². The molecular formula is C13H14Br2N4O2. The van der Waals surface area contributed by atoms with Crippen molar-refractivity contribution < 1.29 is 9.47 Å². The third kappa shape index (κ3) is 3.56. The number of halogens is 2. The highest BCUT2D eigenvalue weighted by Crippen LogP contribution is 2.37. The zero-order chi connectivity index (χ0) is 15.4. The van der Waals surface area contributed by atoms with Crippen LogP contribution in [0.25, 0.3) is 0 Å². The van der Waals surface area contributed by atoms with Crippen LogP contribution in [-0.4, -0.2) is 23.7 Å². The van der Waals surface area contributed by atoms with Crippen LogP contribution in [0.4, 0.5) is 17.2 Å². The molecule has 0 aliphatic carbocycles. The first-order valence-electron chi connectivity index (χ1n) is 6.10. The summed E-state index contributed by atoms with van der Waals surface area (Å²) in [4.78, 5) is 8.13. The van der Waals surface area contributed by atoms with Crippen LogP contribution in [0.15, 0.2) is 27.4 Å². The van der Waals surface area contributed by atoms with Crippen molar-refractivity contribution >= 4 is 49.1 Å². The first-order valence-corrected chi connectivity index (χ1v) is 7.68. The van der Waals surface area contributed by atoms with Crippen LogP contribution >= 0.6 is 31.9 Å². The number of hydrogen-bond donors (Lipinski definition) is 2. The van der Waals surface area contributed by atoms with E-state index in [1.54, 1.807) is 7.11 Å². The molecule has 0 bridgehead atoms. The Labute approximate surface area is 139 Å². The van der Waals surface area contributed by atoms with Gasteiger partial charge >= 0.3 is 0 Å². The normalized spacial score (nSPS) is 10.3. The van der Waals surface area contributed by atoms with Gasteiger partial charge in [0.25, 0.3) is 0 Å². The second kappa shape index (κ2) is 6.95. The molecule has 0 amide bonds.